The molecule has 2 rings (SSSR count). The van der Waals surface area contributed by atoms with Gasteiger partial charge in [-0.15, -0.1) is 0 Å². The normalized spacial score (nSPS) is 12.2. The van der Waals surface area contributed by atoms with E-state index >= 15 is 0 Å². The molecule has 1 unspecified atom stereocenters. The quantitative estimate of drug-likeness (QED) is 0.540. The molecule has 1 atom stereocenters. The Kier molecular flexibility index (Phi) is 5.98. The van der Waals surface area contributed by atoms with Gasteiger partial charge in [0.15, 0.2) is 0 Å². The molecule has 1 nitrogen and oxygen atoms in total. The van der Waals surface area contributed by atoms with Crippen LogP contribution in [0.5, 0.6) is 5.75 Å². The van der Waals surface area contributed by atoms with E-state index in [-0.39, 0.29) is 4.83 Å². The second-order valence-corrected chi connectivity index (χ2v) is 6.81. The molecule has 0 N–H and O–H groups in total. The third-order valence-electron chi connectivity index (χ3n) is 3.20. The summed E-state index contributed by atoms with van der Waals surface area (Å²) in [6, 6.07) is 12.0. The van der Waals surface area contributed by atoms with E-state index < -0.39 is 0 Å². The lowest BCUT2D eigenvalue weighted by Gasteiger charge is -2.16. The Hall–Kier alpha value is -0.700. The molecule has 0 saturated heterocycles. The molecular formula is C17H17BrCl2O. The molecule has 0 aromatic heterocycles. The van der Waals surface area contributed by atoms with Crippen molar-refractivity contribution in [2.45, 2.75) is 25.1 Å². The van der Waals surface area contributed by atoms with Gasteiger partial charge in [-0.2, -0.15) is 0 Å². The molecule has 0 aliphatic heterocycles. The van der Waals surface area contributed by atoms with Crippen LogP contribution in [0, 0.1) is 6.92 Å². The molecule has 2 aromatic rings. The van der Waals surface area contributed by atoms with Crippen LogP contribution in [0.1, 0.15) is 28.4 Å². The molecule has 112 valence electrons. The van der Waals surface area contributed by atoms with Crippen LogP contribution in [0.3, 0.4) is 0 Å². The number of aryl methyl sites for hydroxylation is 1. The molecule has 4 heteroatoms. The molecular weight excluding hydrogens is 371 g/mol. The van der Waals surface area contributed by atoms with Gasteiger partial charge in [0.2, 0.25) is 0 Å². The van der Waals surface area contributed by atoms with Gasteiger partial charge in [0, 0.05) is 10.4 Å². The van der Waals surface area contributed by atoms with Crippen LogP contribution < -0.4 is 4.74 Å². The standard InChI is InChI=1S/C17H17BrCl2O/c1-3-21-17-7-4-11(2)8-13(17)14(18)9-12-5-6-15(19)16(20)10-12/h4-8,10,14H,3,9H2,1-2H3. The van der Waals surface area contributed by atoms with Crippen LogP contribution in [0.25, 0.3) is 0 Å². The van der Waals surface area contributed by atoms with Crippen molar-refractivity contribution in [1.29, 1.82) is 0 Å². The minimum Gasteiger partial charge on any atom is -0.494 e. The Balaban J connectivity index is 2.24. The summed E-state index contributed by atoms with van der Waals surface area (Å²) in [5.41, 5.74) is 3.50. The number of alkyl halides is 1. The van der Waals surface area contributed by atoms with Gasteiger partial charge in [-0.3, -0.25) is 0 Å². The summed E-state index contributed by atoms with van der Waals surface area (Å²) in [6.07, 6.45) is 0.820. The number of rotatable bonds is 5. The minimum atomic E-state index is 0.163. The molecule has 21 heavy (non-hydrogen) atoms. The maximum atomic E-state index is 6.08. The summed E-state index contributed by atoms with van der Waals surface area (Å²) in [5.74, 6) is 0.921. The van der Waals surface area contributed by atoms with Crippen LogP contribution in [-0.2, 0) is 6.42 Å². The first-order valence-corrected chi connectivity index (χ1v) is 8.49. The summed E-state index contributed by atoms with van der Waals surface area (Å²) < 4.78 is 5.72. The Morgan fingerprint density at radius 3 is 2.52 bits per heavy atom. The lowest BCUT2D eigenvalue weighted by Crippen LogP contribution is -2.02. The fourth-order valence-corrected chi connectivity index (χ4v) is 3.24. The van der Waals surface area contributed by atoms with Crippen molar-refractivity contribution < 1.29 is 4.74 Å². The van der Waals surface area contributed by atoms with E-state index in [1.807, 2.05) is 31.2 Å². The smallest absolute Gasteiger partial charge is 0.123 e. The highest BCUT2D eigenvalue weighted by atomic mass is 79.9. The topological polar surface area (TPSA) is 9.23 Å². The number of hydrogen-bond acceptors (Lipinski definition) is 1. The van der Waals surface area contributed by atoms with Gasteiger partial charge in [-0.05, 0) is 44.0 Å². The second kappa shape index (κ2) is 7.53. The van der Waals surface area contributed by atoms with Crippen molar-refractivity contribution in [3.63, 3.8) is 0 Å². The highest BCUT2D eigenvalue weighted by molar-refractivity contribution is 9.09. The van der Waals surface area contributed by atoms with E-state index in [9.17, 15) is 0 Å². The summed E-state index contributed by atoms with van der Waals surface area (Å²) in [7, 11) is 0. The Morgan fingerprint density at radius 2 is 1.86 bits per heavy atom. The molecule has 0 spiro atoms. The number of ether oxygens (including phenoxy) is 1. The third kappa shape index (κ3) is 4.38. The number of halogens is 3. The van der Waals surface area contributed by atoms with Gasteiger partial charge >= 0.3 is 0 Å². The minimum absolute atomic E-state index is 0.163. The van der Waals surface area contributed by atoms with Crippen molar-refractivity contribution in [3.05, 3.63) is 63.1 Å². The van der Waals surface area contributed by atoms with Gasteiger partial charge in [-0.25, -0.2) is 0 Å². The fourth-order valence-electron chi connectivity index (χ4n) is 2.18. The number of benzene rings is 2. The highest BCUT2D eigenvalue weighted by Crippen LogP contribution is 2.35. The van der Waals surface area contributed by atoms with E-state index in [0.29, 0.717) is 16.7 Å². The van der Waals surface area contributed by atoms with E-state index in [1.165, 1.54) is 5.56 Å². The van der Waals surface area contributed by atoms with E-state index in [0.717, 1.165) is 23.3 Å². The third-order valence-corrected chi connectivity index (χ3v) is 4.76. The zero-order valence-electron chi connectivity index (χ0n) is 12.0. The van der Waals surface area contributed by atoms with Crippen molar-refractivity contribution in [3.8, 4) is 5.75 Å². The van der Waals surface area contributed by atoms with E-state index in [4.69, 9.17) is 27.9 Å². The summed E-state index contributed by atoms with van der Waals surface area (Å²) in [6.45, 7) is 4.73. The molecule has 0 aliphatic rings. The molecule has 0 aliphatic carbocycles. The first kappa shape index (κ1) is 16.7. The second-order valence-electron chi connectivity index (χ2n) is 4.89. The number of hydrogen-bond donors (Lipinski definition) is 0. The predicted octanol–water partition coefficient (Wildman–Crippen LogP) is 6.38. The van der Waals surface area contributed by atoms with Gasteiger partial charge in [-0.1, -0.05) is 62.9 Å². The molecule has 2 aromatic carbocycles. The van der Waals surface area contributed by atoms with Crippen LogP contribution in [-0.4, -0.2) is 6.61 Å². The highest BCUT2D eigenvalue weighted by Gasteiger charge is 2.15. The molecule has 0 fully saturated rings. The SMILES string of the molecule is CCOc1ccc(C)cc1C(Br)Cc1ccc(Cl)c(Cl)c1. The lowest BCUT2D eigenvalue weighted by molar-refractivity contribution is 0.336. The monoisotopic (exact) mass is 386 g/mol. The molecule has 0 saturated carbocycles. The van der Waals surface area contributed by atoms with Crippen LogP contribution >= 0.6 is 39.1 Å². The van der Waals surface area contributed by atoms with Gasteiger partial charge < -0.3 is 4.74 Å². The maximum Gasteiger partial charge on any atom is 0.123 e. The average Bonchev–Trinajstić information content (AvgIpc) is 2.45. The first-order chi connectivity index (χ1) is 10.0. The van der Waals surface area contributed by atoms with Gasteiger partial charge in [0.25, 0.3) is 0 Å². The van der Waals surface area contributed by atoms with Crippen LogP contribution in [0.4, 0.5) is 0 Å². The van der Waals surface area contributed by atoms with Crippen LogP contribution in [0.15, 0.2) is 36.4 Å². The zero-order chi connectivity index (χ0) is 15.4. The Morgan fingerprint density at radius 1 is 1.10 bits per heavy atom. The zero-order valence-corrected chi connectivity index (χ0v) is 15.1. The molecule has 0 heterocycles. The largest absolute Gasteiger partial charge is 0.494 e. The Bertz CT molecular complexity index is 628. The summed E-state index contributed by atoms with van der Waals surface area (Å²) >= 11 is 15.8. The van der Waals surface area contributed by atoms with Crippen molar-refractivity contribution in [2.75, 3.05) is 6.61 Å². The first-order valence-electron chi connectivity index (χ1n) is 6.82. The van der Waals surface area contributed by atoms with Crippen molar-refractivity contribution in [1.82, 2.24) is 0 Å². The summed E-state index contributed by atoms with van der Waals surface area (Å²) in [4.78, 5) is 0.163. The Labute approximate surface area is 144 Å². The lowest BCUT2D eigenvalue weighted by atomic mass is 10.0. The van der Waals surface area contributed by atoms with E-state index in [2.05, 4.69) is 35.0 Å². The van der Waals surface area contributed by atoms with Gasteiger partial charge in [0.1, 0.15) is 5.75 Å². The van der Waals surface area contributed by atoms with Crippen LogP contribution in [0.2, 0.25) is 10.0 Å². The summed E-state index contributed by atoms with van der Waals surface area (Å²) in [5, 5.41) is 1.17. The molecule has 0 bridgehead atoms. The van der Waals surface area contributed by atoms with Crippen molar-refractivity contribution in [2.24, 2.45) is 0 Å². The van der Waals surface area contributed by atoms with Gasteiger partial charge in [0.05, 0.1) is 16.7 Å². The van der Waals surface area contributed by atoms with E-state index in [1.54, 1.807) is 0 Å². The molecule has 0 radical (unpaired) electrons. The molecule has 0 amide bonds. The maximum absolute atomic E-state index is 6.08. The fraction of sp³-hybridized carbons (Fsp3) is 0.294. The van der Waals surface area contributed by atoms with Crippen molar-refractivity contribution >= 4 is 39.1 Å². The predicted molar refractivity (Wildman–Crippen MR) is 94.2 cm³/mol. The average molecular weight is 388 g/mol.